The maximum atomic E-state index is 2.70. The van der Waals surface area contributed by atoms with E-state index >= 15 is 0 Å². The minimum absolute atomic E-state index is 0.641. The third kappa shape index (κ3) is 21.7. The molecule has 1 aliphatic heterocycles. The number of nitrogens with zero attached hydrogens (tertiary/aromatic N) is 2. The third-order valence-corrected chi connectivity index (χ3v) is 9.07. The second-order valence-electron chi connectivity index (χ2n) is 12.9. The zero-order valence-electron chi connectivity index (χ0n) is 27.5. The summed E-state index contributed by atoms with van der Waals surface area (Å²) in [6.45, 7) is 9.47. The average Bonchev–Trinajstić information content (AvgIpc) is 3.33. The summed E-state index contributed by atoms with van der Waals surface area (Å²) >= 11 is 0. The molecule has 0 radical (unpaired) electrons. The Morgan fingerprint density at radius 2 is 0.590 bits per heavy atom. The molecule has 2 heteroatoms. The van der Waals surface area contributed by atoms with Gasteiger partial charge in [0.25, 0.3) is 0 Å². The molecule has 0 N–H and O–H groups in total. The van der Waals surface area contributed by atoms with E-state index in [1.807, 2.05) is 0 Å². The molecule has 2 nitrogen and oxygen atoms in total. The number of rotatable bonds is 31. The molecule has 0 aromatic carbocycles. The van der Waals surface area contributed by atoms with Gasteiger partial charge in [-0.1, -0.05) is 181 Å². The summed E-state index contributed by atoms with van der Waals surface area (Å²) in [5.74, 6) is 0. The lowest BCUT2D eigenvalue weighted by Crippen LogP contribution is -2.39. The third-order valence-electron chi connectivity index (χ3n) is 9.07. The van der Waals surface area contributed by atoms with Crippen molar-refractivity contribution in [2.75, 3.05) is 13.1 Å². The van der Waals surface area contributed by atoms with Crippen molar-refractivity contribution in [3.8, 4) is 0 Å². The molecule has 0 aromatic heterocycles. The van der Waals surface area contributed by atoms with E-state index in [1.165, 1.54) is 199 Å². The standard InChI is InChI=1S/C37H74N2/c1-4-7-10-13-16-18-19-20-21-22-23-24-26-29-32-37-38(33-30-27-15-12-9-6-3)35-36-39(37)34-31-28-25-17-14-11-8-5-2/h35-37H,4-34H2,1-3H3. The van der Waals surface area contributed by atoms with Crippen LogP contribution < -0.4 is 0 Å². The SMILES string of the molecule is CCCCCCCCCCCCCCCCC1N(CCCCCCCC)C=CN1CCCCCCCCCC. The summed E-state index contributed by atoms with van der Waals surface area (Å²) < 4.78 is 0. The Balaban J connectivity index is 2.18. The number of unbranched alkanes of at least 4 members (excludes halogenated alkanes) is 25. The van der Waals surface area contributed by atoms with E-state index < -0.39 is 0 Å². The van der Waals surface area contributed by atoms with Crippen LogP contribution in [0.15, 0.2) is 12.4 Å². The molecule has 0 saturated heterocycles. The number of hydrogen-bond donors (Lipinski definition) is 0. The van der Waals surface area contributed by atoms with Gasteiger partial charge in [-0.2, -0.15) is 0 Å². The highest BCUT2D eigenvalue weighted by Crippen LogP contribution is 2.24. The van der Waals surface area contributed by atoms with Crippen molar-refractivity contribution in [2.24, 2.45) is 0 Å². The highest BCUT2D eigenvalue weighted by atomic mass is 15.4. The molecule has 0 amide bonds. The topological polar surface area (TPSA) is 6.48 Å². The molecule has 0 aliphatic carbocycles. The van der Waals surface area contributed by atoms with Crippen LogP contribution in [0, 0.1) is 0 Å². The first-order chi connectivity index (χ1) is 19.3. The normalized spacial score (nSPS) is 15.2. The predicted molar refractivity (Wildman–Crippen MR) is 177 cm³/mol. The van der Waals surface area contributed by atoms with E-state index in [0.717, 1.165) is 0 Å². The van der Waals surface area contributed by atoms with E-state index in [2.05, 4.69) is 43.0 Å². The summed E-state index contributed by atoms with van der Waals surface area (Å²) in [5.41, 5.74) is 0. The summed E-state index contributed by atoms with van der Waals surface area (Å²) in [6.07, 6.45) is 47.0. The zero-order chi connectivity index (χ0) is 28.1. The summed E-state index contributed by atoms with van der Waals surface area (Å²) in [7, 11) is 0. The van der Waals surface area contributed by atoms with Crippen molar-refractivity contribution in [3.05, 3.63) is 12.4 Å². The van der Waals surface area contributed by atoms with Crippen molar-refractivity contribution < 1.29 is 0 Å². The average molecular weight is 547 g/mol. The van der Waals surface area contributed by atoms with Gasteiger partial charge in [-0.3, -0.25) is 0 Å². The molecule has 1 atom stereocenters. The lowest BCUT2D eigenvalue weighted by atomic mass is 10.0. The first-order valence-electron chi connectivity index (χ1n) is 18.5. The fourth-order valence-corrected chi connectivity index (χ4v) is 6.36. The van der Waals surface area contributed by atoms with Crippen LogP contribution in [0.5, 0.6) is 0 Å². The molecule has 1 heterocycles. The minimum atomic E-state index is 0.641. The van der Waals surface area contributed by atoms with Crippen LogP contribution in [0.2, 0.25) is 0 Å². The van der Waals surface area contributed by atoms with Gasteiger partial charge in [0.1, 0.15) is 6.17 Å². The Labute approximate surface area is 248 Å². The smallest absolute Gasteiger partial charge is 0.101 e. The van der Waals surface area contributed by atoms with Crippen molar-refractivity contribution in [3.63, 3.8) is 0 Å². The van der Waals surface area contributed by atoms with Crippen LogP contribution in [0.4, 0.5) is 0 Å². The molecule has 1 aliphatic rings. The zero-order valence-corrected chi connectivity index (χ0v) is 27.5. The number of hydrogen-bond acceptors (Lipinski definition) is 2. The molecule has 0 fully saturated rings. The molecular formula is C37H74N2. The molecular weight excluding hydrogens is 472 g/mol. The molecule has 0 bridgehead atoms. The molecule has 0 aromatic rings. The largest absolute Gasteiger partial charge is 0.356 e. The second-order valence-corrected chi connectivity index (χ2v) is 12.9. The Morgan fingerprint density at radius 1 is 0.333 bits per heavy atom. The Morgan fingerprint density at radius 3 is 0.897 bits per heavy atom. The van der Waals surface area contributed by atoms with Crippen LogP contribution in [0.25, 0.3) is 0 Å². The lowest BCUT2D eigenvalue weighted by Gasteiger charge is -2.33. The van der Waals surface area contributed by atoms with Gasteiger partial charge in [-0.25, -0.2) is 0 Å². The van der Waals surface area contributed by atoms with Gasteiger partial charge in [-0.05, 0) is 25.7 Å². The molecule has 0 saturated carbocycles. The van der Waals surface area contributed by atoms with Crippen LogP contribution >= 0.6 is 0 Å². The molecule has 232 valence electrons. The monoisotopic (exact) mass is 547 g/mol. The molecule has 0 spiro atoms. The van der Waals surface area contributed by atoms with Crippen LogP contribution in [-0.2, 0) is 0 Å². The Kier molecular flexibility index (Phi) is 26.9. The van der Waals surface area contributed by atoms with Gasteiger partial charge in [0, 0.05) is 25.5 Å². The van der Waals surface area contributed by atoms with Crippen molar-refractivity contribution >= 4 is 0 Å². The quantitative estimate of drug-likeness (QED) is 0.0798. The highest BCUT2D eigenvalue weighted by molar-refractivity contribution is 4.97. The van der Waals surface area contributed by atoms with Gasteiger partial charge in [0.2, 0.25) is 0 Å². The summed E-state index contributed by atoms with van der Waals surface area (Å²) in [4.78, 5) is 5.41. The van der Waals surface area contributed by atoms with Gasteiger partial charge in [-0.15, -0.1) is 0 Å². The van der Waals surface area contributed by atoms with E-state index in [4.69, 9.17) is 0 Å². The van der Waals surface area contributed by atoms with Crippen molar-refractivity contribution in [1.29, 1.82) is 0 Å². The van der Waals surface area contributed by atoms with Gasteiger partial charge < -0.3 is 9.80 Å². The van der Waals surface area contributed by atoms with Gasteiger partial charge in [0.15, 0.2) is 0 Å². The van der Waals surface area contributed by atoms with Gasteiger partial charge in [0.05, 0.1) is 0 Å². The predicted octanol–water partition coefficient (Wildman–Crippen LogP) is 12.8. The molecule has 1 rings (SSSR count). The Bertz CT molecular complexity index is 502. The van der Waals surface area contributed by atoms with E-state index in [1.54, 1.807) is 0 Å². The minimum Gasteiger partial charge on any atom is -0.356 e. The van der Waals surface area contributed by atoms with Crippen LogP contribution in [0.1, 0.15) is 207 Å². The lowest BCUT2D eigenvalue weighted by molar-refractivity contribution is 0.135. The second kappa shape index (κ2) is 28.9. The highest BCUT2D eigenvalue weighted by Gasteiger charge is 2.24. The fourth-order valence-electron chi connectivity index (χ4n) is 6.36. The molecule has 1 unspecified atom stereocenters. The van der Waals surface area contributed by atoms with E-state index in [-0.39, 0.29) is 0 Å². The summed E-state index contributed by atoms with van der Waals surface area (Å²) in [6, 6.07) is 0. The van der Waals surface area contributed by atoms with Crippen molar-refractivity contribution in [2.45, 2.75) is 213 Å². The van der Waals surface area contributed by atoms with Gasteiger partial charge >= 0.3 is 0 Å². The van der Waals surface area contributed by atoms with Crippen LogP contribution in [-0.4, -0.2) is 29.1 Å². The first-order valence-corrected chi connectivity index (χ1v) is 18.5. The Hall–Kier alpha value is -0.660. The maximum absolute atomic E-state index is 2.70. The van der Waals surface area contributed by atoms with Crippen LogP contribution in [0.3, 0.4) is 0 Å². The molecule has 39 heavy (non-hydrogen) atoms. The van der Waals surface area contributed by atoms with E-state index in [9.17, 15) is 0 Å². The summed E-state index contributed by atoms with van der Waals surface area (Å²) in [5, 5.41) is 0. The maximum Gasteiger partial charge on any atom is 0.101 e. The fraction of sp³-hybridized carbons (Fsp3) is 0.946. The van der Waals surface area contributed by atoms with Crippen molar-refractivity contribution in [1.82, 2.24) is 9.80 Å². The van der Waals surface area contributed by atoms with E-state index in [0.29, 0.717) is 6.17 Å². The first kappa shape index (κ1) is 36.4.